The van der Waals surface area contributed by atoms with Crippen molar-refractivity contribution in [3.63, 3.8) is 0 Å². The van der Waals surface area contributed by atoms with Crippen LogP contribution in [0.1, 0.15) is 0 Å². The lowest BCUT2D eigenvalue weighted by molar-refractivity contribution is 0.510. The van der Waals surface area contributed by atoms with Crippen LogP contribution in [-0.2, 0) is 0 Å². The van der Waals surface area contributed by atoms with Gasteiger partial charge in [0, 0.05) is 30.9 Å². The maximum Gasteiger partial charge on any atom is 0.166 e. The van der Waals surface area contributed by atoms with Crippen molar-refractivity contribution in [3.05, 3.63) is 53.8 Å². The van der Waals surface area contributed by atoms with Gasteiger partial charge in [-0.3, -0.25) is 0 Å². The highest BCUT2D eigenvalue weighted by atomic mass is 19.2. The molecule has 0 aliphatic heterocycles. The van der Waals surface area contributed by atoms with E-state index >= 15 is 0 Å². The van der Waals surface area contributed by atoms with Gasteiger partial charge >= 0.3 is 0 Å². The minimum absolute atomic E-state index is 0.0539. The Morgan fingerprint density at radius 3 is 2.22 bits per heavy atom. The molecule has 4 heteroatoms. The average molecular weight is 251 g/mol. The molecule has 0 atom stereocenters. The molecule has 0 saturated carbocycles. The van der Waals surface area contributed by atoms with Gasteiger partial charge in [-0.25, -0.2) is 13.2 Å². The van der Waals surface area contributed by atoms with Crippen LogP contribution in [0.3, 0.4) is 0 Å². The molecule has 0 bridgehead atoms. The van der Waals surface area contributed by atoms with Gasteiger partial charge in [0.05, 0.1) is 0 Å². The molecule has 0 aliphatic rings. The molecule has 0 aromatic heterocycles. The quantitative estimate of drug-likeness (QED) is 0.784. The molecular formula is C14H12F3N. The van der Waals surface area contributed by atoms with E-state index in [0.717, 1.165) is 11.8 Å². The molecule has 0 amide bonds. The van der Waals surface area contributed by atoms with Crippen molar-refractivity contribution in [3.8, 4) is 11.1 Å². The summed E-state index contributed by atoms with van der Waals surface area (Å²) in [7, 11) is 3.58. The molecule has 0 saturated heterocycles. The molecule has 2 rings (SSSR count). The smallest absolute Gasteiger partial charge is 0.166 e. The molecule has 0 heterocycles. The monoisotopic (exact) mass is 251 g/mol. The van der Waals surface area contributed by atoms with Gasteiger partial charge in [0.25, 0.3) is 0 Å². The zero-order chi connectivity index (χ0) is 13.3. The van der Waals surface area contributed by atoms with E-state index in [0.29, 0.717) is 0 Å². The largest absolute Gasteiger partial charge is 0.378 e. The Morgan fingerprint density at radius 2 is 1.56 bits per heavy atom. The molecule has 94 valence electrons. The second-order valence-corrected chi connectivity index (χ2v) is 4.16. The molecule has 0 aliphatic carbocycles. The van der Waals surface area contributed by atoms with Gasteiger partial charge < -0.3 is 4.90 Å². The van der Waals surface area contributed by atoms with Gasteiger partial charge in [-0.2, -0.15) is 0 Å². The summed E-state index contributed by atoms with van der Waals surface area (Å²) >= 11 is 0. The fourth-order valence-electron chi connectivity index (χ4n) is 1.71. The summed E-state index contributed by atoms with van der Waals surface area (Å²) in [5, 5.41) is 0. The Kier molecular flexibility index (Phi) is 3.28. The molecule has 0 fully saturated rings. The summed E-state index contributed by atoms with van der Waals surface area (Å²) in [5.74, 6) is -2.60. The van der Waals surface area contributed by atoms with E-state index in [1.165, 1.54) is 24.3 Å². The van der Waals surface area contributed by atoms with E-state index in [4.69, 9.17) is 0 Å². The van der Waals surface area contributed by atoms with Crippen LogP contribution in [0.4, 0.5) is 18.9 Å². The van der Waals surface area contributed by atoms with Crippen molar-refractivity contribution < 1.29 is 13.2 Å². The number of anilines is 1. The lowest BCUT2D eigenvalue weighted by Crippen LogP contribution is -2.08. The molecular weight excluding hydrogens is 239 g/mol. The Labute approximate surface area is 103 Å². The zero-order valence-electron chi connectivity index (χ0n) is 10.0. The van der Waals surface area contributed by atoms with Crippen molar-refractivity contribution >= 4 is 5.69 Å². The second-order valence-electron chi connectivity index (χ2n) is 4.16. The van der Waals surface area contributed by atoms with Crippen LogP contribution in [-0.4, -0.2) is 14.1 Å². The topological polar surface area (TPSA) is 3.24 Å². The molecule has 2 aromatic carbocycles. The minimum atomic E-state index is -1.03. The van der Waals surface area contributed by atoms with Crippen LogP contribution in [0.5, 0.6) is 0 Å². The Balaban J connectivity index is 2.63. The van der Waals surface area contributed by atoms with Crippen LogP contribution < -0.4 is 4.90 Å². The molecule has 2 aromatic rings. The molecule has 0 N–H and O–H groups in total. The summed E-state index contributed by atoms with van der Waals surface area (Å²) in [4.78, 5) is 1.76. The van der Waals surface area contributed by atoms with Crippen LogP contribution in [0.25, 0.3) is 11.1 Å². The predicted octanol–water partition coefficient (Wildman–Crippen LogP) is 3.84. The molecule has 0 radical (unpaired) electrons. The standard InChI is InChI=1S/C14H12F3N/c1-18(2)9-6-7-12(15)11(8-9)10-4-3-5-13(16)14(10)17/h3-8H,1-2H3. The van der Waals surface area contributed by atoms with E-state index in [-0.39, 0.29) is 11.1 Å². The number of halogens is 3. The summed E-state index contributed by atoms with van der Waals surface area (Å²) < 4.78 is 40.5. The fraction of sp³-hybridized carbons (Fsp3) is 0.143. The van der Waals surface area contributed by atoms with E-state index < -0.39 is 17.5 Å². The first-order valence-electron chi connectivity index (χ1n) is 5.42. The fourth-order valence-corrected chi connectivity index (χ4v) is 1.71. The Hall–Kier alpha value is -1.97. The van der Waals surface area contributed by atoms with Crippen LogP contribution >= 0.6 is 0 Å². The minimum Gasteiger partial charge on any atom is -0.378 e. The molecule has 18 heavy (non-hydrogen) atoms. The average Bonchev–Trinajstić information content (AvgIpc) is 2.33. The highest BCUT2D eigenvalue weighted by Crippen LogP contribution is 2.29. The van der Waals surface area contributed by atoms with Crippen LogP contribution in [0.2, 0.25) is 0 Å². The highest BCUT2D eigenvalue weighted by molar-refractivity contribution is 5.69. The first-order chi connectivity index (χ1) is 8.50. The van der Waals surface area contributed by atoms with Crippen molar-refractivity contribution in [2.45, 2.75) is 0 Å². The number of hydrogen-bond acceptors (Lipinski definition) is 1. The number of nitrogens with zero attached hydrogens (tertiary/aromatic N) is 1. The van der Waals surface area contributed by atoms with Crippen LogP contribution in [0.15, 0.2) is 36.4 Å². The predicted molar refractivity (Wildman–Crippen MR) is 66.1 cm³/mol. The van der Waals surface area contributed by atoms with Crippen molar-refractivity contribution in [2.75, 3.05) is 19.0 Å². The normalized spacial score (nSPS) is 10.5. The number of hydrogen-bond donors (Lipinski definition) is 0. The number of rotatable bonds is 2. The highest BCUT2D eigenvalue weighted by Gasteiger charge is 2.14. The Bertz CT molecular complexity index is 579. The SMILES string of the molecule is CN(C)c1ccc(F)c(-c2cccc(F)c2F)c1. The summed E-state index contributed by atoms with van der Waals surface area (Å²) in [5.41, 5.74) is 0.699. The maximum absolute atomic E-state index is 13.7. The van der Waals surface area contributed by atoms with E-state index in [9.17, 15) is 13.2 Å². The summed E-state index contributed by atoms with van der Waals surface area (Å²) in [6.45, 7) is 0. The third kappa shape index (κ3) is 2.18. The van der Waals surface area contributed by atoms with Crippen molar-refractivity contribution in [1.82, 2.24) is 0 Å². The van der Waals surface area contributed by atoms with Gasteiger partial charge in [0.15, 0.2) is 11.6 Å². The summed E-state index contributed by atoms with van der Waals surface area (Å²) in [6.07, 6.45) is 0. The molecule has 0 unspecified atom stereocenters. The second kappa shape index (κ2) is 4.72. The first kappa shape index (κ1) is 12.5. The third-order valence-electron chi connectivity index (χ3n) is 2.71. The molecule has 1 nitrogen and oxygen atoms in total. The van der Waals surface area contributed by atoms with Crippen molar-refractivity contribution in [2.24, 2.45) is 0 Å². The third-order valence-corrected chi connectivity index (χ3v) is 2.71. The van der Waals surface area contributed by atoms with Gasteiger partial charge in [0.1, 0.15) is 5.82 Å². The summed E-state index contributed by atoms with van der Waals surface area (Å²) in [6, 6.07) is 8.04. The first-order valence-corrected chi connectivity index (χ1v) is 5.42. The van der Waals surface area contributed by atoms with Gasteiger partial charge in [0.2, 0.25) is 0 Å². The lowest BCUT2D eigenvalue weighted by atomic mass is 10.0. The van der Waals surface area contributed by atoms with E-state index in [2.05, 4.69) is 0 Å². The van der Waals surface area contributed by atoms with E-state index in [1.54, 1.807) is 25.1 Å². The molecule has 0 spiro atoms. The van der Waals surface area contributed by atoms with Gasteiger partial charge in [-0.1, -0.05) is 12.1 Å². The van der Waals surface area contributed by atoms with Gasteiger partial charge in [-0.15, -0.1) is 0 Å². The van der Waals surface area contributed by atoms with E-state index in [1.807, 2.05) is 0 Å². The number of benzene rings is 2. The van der Waals surface area contributed by atoms with Crippen LogP contribution in [0, 0.1) is 17.5 Å². The maximum atomic E-state index is 13.7. The zero-order valence-corrected chi connectivity index (χ0v) is 10.0. The van der Waals surface area contributed by atoms with Crippen molar-refractivity contribution in [1.29, 1.82) is 0 Å². The lowest BCUT2D eigenvalue weighted by Gasteiger charge is -2.14. The van der Waals surface area contributed by atoms with Gasteiger partial charge in [-0.05, 0) is 24.3 Å². The Morgan fingerprint density at radius 1 is 0.833 bits per heavy atom.